The molecule has 4 aromatic rings. The minimum Gasteiger partial charge on any atom is -0.383 e. The quantitative estimate of drug-likeness (QED) is 0.377. The molecule has 3 aromatic heterocycles. The van der Waals surface area contributed by atoms with Gasteiger partial charge < -0.3 is 10.5 Å². The molecule has 0 aliphatic heterocycles. The predicted molar refractivity (Wildman–Crippen MR) is 129 cm³/mol. The number of nitrogens with zero attached hydrogens (tertiary/aromatic N) is 4. The molecule has 0 bridgehead atoms. The Labute approximate surface area is 196 Å². The fraction of sp³-hybridized carbons (Fsp3) is 0.227. The predicted octanol–water partition coefficient (Wildman–Crippen LogP) is 0.770. The first kappa shape index (κ1) is 23.1. The molecular formula is C22H22N6O5S. The first-order valence-corrected chi connectivity index (χ1v) is 11.2. The van der Waals surface area contributed by atoms with Crippen LogP contribution in [0.3, 0.4) is 0 Å². The average molecular weight is 483 g/mol. The molecular weight excluding hydrogens is 460 g/mol. The van der Waals surface area contributed by atoms with Crippen LogP contribution in [0, 0.1) is 0 Å². The molecule has 0 radical (unpaired) electrons. The van der Waals surface area contributed by atoms with Crippen LogP contribution < -0.4 is 27.4 Å². The summed E-state index contributed by atoms with van der Waals surface area (Å²) in [5.74, 6) is -0.745. The third-order valence-corrected chi connectivity index (χ3v) is 6.06. The molecule has 0 saturated carbocycles. The van der Waals surface area contributed by atoms with E-state index in [1.54, 1.807) is 35.7 Å². The lowest BCUT2D eigenvalue weighted by molar-refractivity contribution is -0.119. The topological polar surface area (TPSA) is 145 Å². The number of rotatable bonds is 8. The van der Waals surface area contributed by atoms with E-state index in [0.717, 1.165) is 10.1 Å². The van der Waals surface area contributed by atoms with E-state index in [1.807, 2.05) is 6.07 Å². The largest absolute Gasteiger partial charge is 0.383 e. The molecule has 0 saturated heterocycles. The van der Waals surface area contributed by atoms with Crippen LogP contribution in [0.4, 0.5) is 11.5 Å². The van der Waals surface area contributed by atoms with Crippen molar-refractivity contribution in [1.29, 1.82) is 0 Å². The maximum absolute atomic E-state index is 13.5. The molecule has 3 N–H and O–H groups in total. The standard InChI is InChI=1S/C22H22N6O5S/c1-33-9-8-27-18(23)17(19(30)25-22(27)32)28(11-14-5-3-2-4-6-14)16(29)12-26-13-24-20-15(21(26)31)7-10-34-20/h2-7,10,13H,8-9,11-12,23H2,1H3,(H,25,30,32). The molecule has 0 aliphatic carbocycles. The van der Waals surface area contributed by atoms with Gasteiger partial charge in [0.15, 0.2) is 5.69 Å². The van der Waals surface area contributed by atoms with Crippen molar-refractivity contribution in [3.63, 3.8) is 0 Å². The van der Waals surface area contributed by atoms with Crippen LogP contribution in [0.1, 0.15) is 5.56 Å². The van der Waals surface area contributed by atoms with Crippen LogP contribution in [-0.4, -0.2) is 38.7 Å². The zero-order chi connectivity index (χ0) is 24.2. The number of H-pyrrole nitrogens is 1. The van der Waals surface area contributed by atoms with Gasteiger partial charge in [0.1, 0.15) is 17.2 Å². The number of anilines is 2. The fourth-order valence-corrected chi connectivity index (χ4v) is 4.26. The number of aromatic nitrogens is 4. The van der Waals surface area contributed by atoms with Gasteiger partial charge in [-0.2, -0.15) is 0 Å². The number of thiophene rings is 1. The van der Waals surface area contributed by atoms with Crippen LogP contribution >= 0.6 is 11.3 Å². The van der Waals surface area contributed by atoms with Gasteiger partial charge in [-0.3, -0.25) is 33.4 Å². The number of methoxy groups -OCH3 is 1. The number of carbonyl (C=O) groups is 1. The second kappa shape index (κ2) is 9.85. The van der Waals surface area contributed by atoms with Crippen molar-refractivity contribution >= 4 is 39.0 Å². The number of nitrogen functional groups attached to an aromatic ring is 1. The van der Waals surface area contributed by atoms with Crippen LogP contribution in [0.2, 0.25) is 0 Å². The Balaban J connectivity index is 1.79. The van der Waals surface area contributed by atoms with E-state index in [-0.39, 0.29) is 43.3 Å². The first-order valence-electron chi connectivity index (χ1n) is 10.3. The number of hydrogen-bond donors (Lipinski definition) is 2. The third kappa shape index (κ3) is 4.54. The molecule has 12 heteroatoms. The molecule has 176 valence electrons. The first-order chi connectivity index (χ1) is 16.4. The van der Waals surface area contributed by atoms with E-state index in [2.05, 4.69) is 9.97 Å². The summed E-state index contributed by atoms with van der Waals surface area (Å²) < 4.78 is 7.33. The molecule has 3 heterocycles. The van der Waals surface area contributed by atoms with Gasteiger partial charge in [0.05, 0.1) is 31.4 Å². The Kier molecular flexibility index (Phi) is 6.70. The van der Waals surface area contributed by atoms with Crippen molar-refractivity contribution in [3.05, 3.63) is 84.9 Å². The third-order valence-electron chi connectivity index (χ3n) is 5.24. The highest BCUT2D eigenvalue weighted by Gasteiger charge is 2.25. The number of nitrogens with one attached hydrogen (secondary N) is 1. The number of ether oxygens (including phenoxy) is 1. The molecule has 34 heavy (non-hydrogen) atoms. The Hall–Kier alpha value is -4.03. The summed E-state index contributed by atoms with van der Waals surface area (Å²) in [6.45, 7) is -0.126. The molecule has 0 fully saturated rings. The van der Waals surface area contributed by atoms with Crippen molar-refractivity contribution in [2.24, 2.45) is 0 Å². The summed E-state index contributed by atoms with van der Waals surface area (Å²) >= 11 is 1.32. The lowest BCUT2D eigenvalue weighted by atomic mass is 10.2. The Bertz CT molecular complexity index is 1500. The second-order valence-corrected chi connectivity index (χ2v) is 8.31. The minimum absolute atomic E-state index is 0.00168. The highest BCUT2D eigenvalue weighted by molar-refractivity contribution is 7.16. The number of benzene rings is 1. The lowest BCUT2D eigenvalue weighted by Crippen LogP contribution is -2.43. The molecule has 0 atom stereocenters. The lowest BCUT2D eigenvalue weighted by Gasteiger charge is -2.25. The van der Waals surface area contributed by atoms with E-state index in [9.17, 15) is 19.2 Å². The summed E-state index contributed by atoms with van der Waals surface area (Å²) in [6.07, 6.45) is 1.30. The zero-order valence-electron chi connectivity index (χ0n) is 18.3. The van der Waals surface area contributed by atoms with Crippen LogP contribution in [0.5, 0.6) is 0 Å². The maximum atomic E-state index is 13.5. The average Bonchev–Trinajstić information content (AvgIpc) is 3.30. The van der Waals surface area contributed by atoms with E-state index in [1.165, 1.54) is 34.2 Å². The number of hydrogen-bond acceptors (Lipinski definition) is 8. The van der Waals surface area contributed by atoms with Crippen LogP contribution in [0.15, 0.2) is 62.5 Å². The van der Waals surface area contributed by atoms with Crippen molar-refractivity contribution < 1.29 is 9.53 Å². The number of nitrogens with two attached hydrogens (primary N) is 1. The highest BCUT2D eigenvalue weighted by atomic mass is 32.1. The summed E-state index contributed by atoms with van der Waals surface area (Å²) in [5.41, 5.74) is 4.88. The van der Waals surface area contributed by atoms with Gasteiger partial charge in [-0.15, -0.1) is 11.3 Å². The molecule has 1 aromatic carbocycles. The monoisotopic (exact) mass is 482 g/mol. The highest BCUT2D eigenvalue weighted by Crippen LogP contribution is 2.20. The molecule has 0 spiro atoms. The van der Waals surface area contributed by atoms with Crippen molar-refractivity contribution in [1.82, 2.24) is 19.1 Å². The smallest absolute Gasteiger partial charge is 0.330 e. The van der Waals surface area contributed by atoms with Crippen molar-refractivity contribution in [2.75, 3.05) is 24.4 Å². The SMILES string of the molecule is COCCn1c(N)c(N(Cc2ccccc2)C(=O)Cn2cnc3sccc3c2=O)c(=O)[nH]c1=O. The van der Waals surface area contributed by atoms with E-state index < -0.39 is 17.2 Å². The molecule has 0 aliphatic rings. The molecule has 1 amide bonds. The normalized spacial score (nSPS) is 11.1. The molecule has 4 rings (SSSR count). The van der Waals surface area contributed by atoms with Gasteiger partial charge in [0.2, 0.25) is 5.91 Å². The van der Waals surface area contributed by atoms with Crippen molar-refractivity contribution in [3.8, 4) is 0 Å². The van der Waals surface area contributed by atoms with E-state index >= 15 is 0 Å². The van der Waals surface area contributed by atoms with Gasteiger partial charge in [-0.25, -0.2) is 9.78 Å². The molecule has 11 nitrogen and oxygen atoms in total. The van der Waals surface area contributed by atoms with E-state index in [4.69, 9.17) is 10.5 Å². The van der Waals surface area contributed by atoms with Gasteiger partial charge in [0.25, 0.3) is 11.1 Å². The number of carbonyl (C=O) groups excluding carboxylic acids is 1. The maximum Gasteiger partial charge on any atom is 0.330 e. The van der Waals surface area contributed by atoms with Gasteiger partial charge in [-0.1, -0.05) is 30.3 Å². The summed E-state index contributed by atoms with van der Waals surface area (Å²) in [4.78, 5) is 59.6. The minimum atomic E-state index is -0.806. The Morgan fingerprint density at radius 2 is 1.97 bits per heavy atom. The van der Waals surface area contributed by atoms with Crippen LogP contribution in [0.25, 0.3) is 10.2 Å². The number of aromatic amines is 1. The van der Waals surface area contributed by atoms with Gasteiger partial charge in [-0.05, 0) is 17.0 Å². The fourth-order valence-electron chi connectivity index (χ4n) is 3.54. The number of fused-ring (bicyclic) bond motifs is 1. The summed E-state index contributed by atoms with van der Waals surface area (Å²) in [7, 11) is 1.47. The van der Waals surface area contributed by atoms with Gasteiger partial charge in [0, 0.05) is 7.11 Å². The Morgan fingerprint density at radius 1 is 1.21 bits per heavy atom. The van der Waals surface area contributed by atoms with Crippen molar-refractivity contribution in [2.45, 2.75) is 19.6 Å². The number of amides is 1. The second-order valence-electron chi connectivity index (χ2n) is 7.42. The summed E-state index contributed by atoms with van der Waals surface area (Å²) in [6, 6.07) is 10.6. The van der Waals surface area contributed by atoms with Crippen LogP contribution in [-0.2, 0) is 29.2 Å². The molecule has 0 unspecified atom stereocenters. The summed E-state index contributed by atoms with van der Waals surface area (Å²) in [5, 5.41) is 2.15. The van der Waals surface area contributed by atoms with E-state index in [0.29, 0.717) is 10.2 Å². The zero-order valence-corrected chi connectivity index (χ0v) is 19.1. The van der Waals surface area contributed by atoms with Gasteiger partial charge >= 0.3 is 5.69 Å². The Morgan fingerprint density at radius 3 is 2.71 bits per heavy atom.